The third-order valence-corrected chi connectivity index (χ3v) is 15.3. The maximum Gasteiger partial charge on any atom is 0.251 e. The molecule has 12 heteroatoms. The number of nitrogens with two attached hydrogens (primary N) is 1. The van der Waals surface area contributed by atoms with E-state index >= 15 is 0 Å². The summed E-state index contributed by atoms with van der Waals surface area (Å²) >= 11 is 0. The van der Waals surface area contributed by atoms with Crippen LogP contribution in [0.2, 0.25) is 0 Å². The molecule has 0 heterocycles. The molecule has 0 spiro atoms. The van der Waals surface area contributed by atoms with Gasteiger partial charge in [-0.2, -0.15) is 0 Å². The Morgan fingerprint density at radius 2 is 1.05 bits per heavy atom. The van der Waals surface area contributed by atoms with Crippen LogP contribution in [0, 0.1) is 5.92 Å². The molecule has 2 unspecified atom stereocenters. The van der Waals surface area contributed by atoms with Crippen molar-refractivity contribution in [2.45, 2.75) is 187 Å². The molecule has 2 saturated carbocycles. The number of aryl methyl sites for hydroxylation is 2. The Morgan fingerprint density at radius 3 is 1.33 bits per heavy atom. The van der Waals surface area contributed by atoms with Gasteiger partial charge in [-0.05, 0) is 169 Å². The molecule has 0 saturated heterocycles. The summed E-state index contributed by atoms with van der Waals surface area (Å²) in [6.45, 7) is 24.0. The third-order valence-electron chi connectivity index (χ3n) is 11.1. The van der Waals surface area contributed by atoms with Crippen molar-refractivity contribution in [3.05, 3.63) is 70.8 Å². The van der Waals surface area contributed by atoms with E-state index in [4.69, 9.17) is 16.4 Å². The van der Waals surface area contributed by atoms with Gasteiger partial charge in [-0.25, -0.2) is 4.21 Å². The lowest BCUT2D eigenvalue weighted by atomic mass is 9.87. The Hall–Kier alpha value is -1.82. The van der Waals surface area contributed by atoms with Crippen LogP contribution in [-0.4, -0.2) is 78.6 Å². The number of hydrogen-bond donors (Lipinski definition) is 3. The van der Waals surface area contributed by atoms with Gasteiger partial charge >= 0.3 is 0 Å². The molecule has 2 aromatic carbocycles. The van der Waals surface area contributed by atoms with E-state index in [2.05, 4.69) is 74.4 Å². The van der Waals surface area contributed by atoms with Crippen LogP contribution in [-0.2, 0) is 33.7 Å². The average Bonchev–Trinajstić information content (AvgIpc) is 3.22. The van der Waals surface area contributed by atoms with Crippen molar-refractivity contribution in [2.75, 3.05) is 25.4 Å². The summed E-state index contributed by atoms with van der Waals surface area (Å²) < 4.78 is 22.1. The van der Waals surface area contributed by atoms with E-state index in [1.54, 1.807) is 0 Å². The molecule has 2 aliphatic carbocycles. The largest absolute Gasteiger partial charge is 0.349 e. The van der Waals surface area contributed by atoms with E-state index in [0.29, 0.717) is 18.0 Å². The summed E-state index contributed by atoms with van der Waals surface area (Å²) in [5, 5.41) is 6.55. The number of nitrogens with zero attached hydrogens (tertiary/aromatic N) is 1. The molecule has 4 rings (SSSR count). The van der Waals surface area contributed by atoms with Crippen LogP contribution in [0.15, 0.2) is 48.5 Å². The van der Waals surface area contributed by atoms with E-state index < -0.39 is 20.8 Å². The zero-order valence-corrected chi connectivity index (χ0v) is 42.2. The molecule has 2 aromatic rings. The highest BCUT2D eigenvalue weighted by Gasteiger charge is 2.25. The molecule has 60 heavy (non-hydrogen) atoms. The minimum atomic E-state index is -1.21. The number of rotatable bonds is 16. The van der Waals surface area contributed by atoms with Crippen molar-refractivity contribution in [1.82, 2.24) is 15.5 Å². The Morgan fingerprint density at radius 1 is 0.700 bits per heavy atom. The highest BCUT2D eigenvalue weighted by Crippen LogP contribution is 2.26. The SMILES string of the molecule is CC(C)(C)S(=O)Cl.CCCCc1ccc(C(=O)NC2CCC(CS(=O)C(C)C)CC2)cc1.CCCCc1ccc(C(=O)NC2CCC(N)CC2)cc1.CCN(CC)CC.Cl. The highest BCUT2D eigenvalue weighted by atomic mass is 35.7. The lowest BCUT2D eigenvalue weighted by molar-refractivity contribution is 0.0916. The molecular formula is C48H84Cl2N4O4S2. The predicted molar refractivity (Wildman–Crippen MR) is 264 cm³/mol. The zero-order valence-electron chi connectivity index (χ0n) is 39.0. The minimum Gasteiger partial charge on any atom is -0.349 e. The fourth-order valence-corrected chi connectivity index (χ4v) is 7.96. The van der Waals surface area contributed by atoms with Crippen molar-refractivity contribution in [2.24, 2.45) is 11.7 Å². The van der Waals surface area contributed by atoms with Crippen LogP contribution in [0.5, 0.6) is 0 Å². The molecular weight excluding hydrogens is 832 g/mol. The molecule has 2 aliphatic rings. The van der Waals surface area contributed by atoms with Gasteiger partial charge in [-0.3, -0.25) is 13.8 Å². The minimum absolute atomic E-state index is 0. The number of hydrogen-bond acceptors (Lipinski definition) is 6. The molecule has 2 amide bonds. The van der Waals surface area contributed by atoms with E-state index in [1.807, 2.05) is 58.9 Å². The summed E-state index contributed by atoms with van der Waals surface area (Å²) in [6.07, 6.45) is 15.1. The Balaban J connectivity index is 0.000000882. The first kappa shape index (κ1) is 58.2. The summed E-state index contributed by atoms with van der Waals surface area (Å²) in [6, 6.07) is 16.9. The fourth-order valence-electron chi connectivity index (χ4n) is 6.78. The molecule has 346 valence electrons. The number of nitrogens with one attached hydrogen (secondary N) is 2. The molecule has 0 bridgehead atoms. The second-order valence-corrected chi connectivity index (χ2v) is 22.0. The van der Waals surface area contributed by atoms with Gasteiger partial charge in [-0.1, -0.05) is 85.6 Å². The molecule has 0 radical (unpaired) electrons. The van der Waals surface area contributed by atoms with Gasteiger partial charge in [0.25, 0.3) is 11.8 Å². The maximum absolute atomic E-state index is 12.4. The highest BCUT2D eigenvalue weighted by molar-refractivity contribution is 8.09. The number of halogens is 2. The van der Waals surface area contributed by atoms with Gasteiger partial charge in [0, 0.05) is 51.1 Å². The molecule has 2 fully saturated rings. The van der Waals surface area contributed by atoms with Gasteiger partial charge in [0.15, 0.2) is 0 Å². The third kappa shape index (κ3) is 25.3. The predicted octanol–water partition coefficient (Wildman–Crippen LogP) is 11.0. The van der Waals surface area contributed by atoms with Crippen LogP contribution in [0.25, 0.3) is 0 Å². The maximum atomic E-state index is 12.4. The number of carbonyl (C=O) groups is 2. The van der Waals surface area contributed by atoms with Crippen molar-refractivity contribution >= 4 is 55.7 Å². The topological polar surface area (TPSA) is 122 Å². The normalized spacial score (nSPS) is 19.8. The first-order valence-electron chi connectivity index (χ1n) is 22.7. The smallest absolute Gasteiger partial charge is 0.251 e. The standard InChI is InChI=1S/C21H33NO2S.C17H26N2O.C6H15N.C4H9ClOS.ClH/c1-4-5-6-17-7-11-19(12-8-17)21(23)22-20-13-9-18(10-14-20)15-25(24)16(2)3;1-2-3-4-13-5-7-14(8-6-13)17(20)19-16-11-9-15(18)10-12-16;1-4-7(5-2)6-3;1-4(2,3)7(5)6;/h7-8,11-12,16,18,20H,4-6,9-10,13-15H2,1-3H3,(H,22,23);5-8,15-16H,2-4,9-12,18H2,1H3,(H,19,20);4-6H2,1-3H3;1-3H3;1H. The lowest BCUT2D eigenvalue weighted by Crippen LogP contribution is -2.40. The van der Waals surface area contributed by atoms with Crippen molar-refractivity contribution < 1.29 is 18.0 Å². The zero-order chi connectivity index (χ0) is 44.4. The van der Waals surface area contributed by atoms with E-state index in [1.165, 1.54) is 56.4 Å². The molecule has 0 aromatic heterocycles. The molecule has 4 N–H and O–H groups in total. The first-order chi connectivity index (χ1) is 28.0. The summed E-state index contributed by atoms with van der Waals surface area (Å²) in [4.78, 5) is 27.0. The van der Waals surface area contributed by atoms with Gasteiger partial charge < -0.3 is 21.3 Å². The van der Waals surface area contributed by atoms with Crippen LogP contribution in [0.3, 0.4) is 0 Å². The Kier molecular flexibility index (Phi) is 31.8. The number of unbranched alkanes of at least 4 members (excludes halogenated alkanes) is 2. The number of amides is 2. The van der Waals surface area contributed by atoms with Gasteiger partial charge in [0.2, 0.25) is 0 Å². The van der Waals surface area contributed by atoms with Crippen LogP contribution in [0.4, 0.5) is 0 Å². The van der Waals surface area contributed by atoms with Crippen molar-refractivity contribution in [3.63, 3.8) is 0 Å². The summed E-state index contributed by atoms with van der Waals surface area (Å²) in [5.74, 6) is 1.45. The molecule has 2 atom stereocenters. The van der Waals surface area contributed by atoms with Crippen LogP contribution in [0.1, 0.15) is 178 Å². The first-order valence-corrected chi connectivity index (χ1v) is 26.1. The number of carbonyl (C=O) groups excluding carboxylic acids is 2. The second-order valence-electron chi connectivity index (χ2n) is 17.4. The molecule has 0 aliphatic heterocycles. The summed E-state index contributed by atoms with van der Waals surface area (Å²) in [5.41, 5.74) is 10.0. The quantitative estimate of drug-likeness (QED) is 0.144. The van der Waals surface area contributed by atoms with E-state index in [-0.39, 0.29) is 40.3 Å². The average molecular weight is 916 g/mol. The van der Waals surface area contributed by atoms with Crippen molar-refractivity contribution in [3.8, 4) is 0 Å². The second kappa shape index (κ2) is 32.8. The van der Waals surface area contributed by atoms with Gasteiger partial charge in [0.05, 0.1) is 4.75 Å². The van der Waals surface area contributed by atoms with Crippen LogP contribution < -0.4 is 16.4 Å². The monoisotopic (exact) mass is 915 g/mol. The lowest BCUT2D eigenvalue weighted by Gasteiger charge is -2.29. The fraction of sp³-hybridized carbons (Fsp3) is 0.708. The van der Waals surface area contributed by atoms with Gasteiger partial charge in [0.1, 0.15) is 10.0 Å². The number of benzene rings is 2. The molecule has 8 nitrogen and oxygen atoms in total. The Labute approximate surface area is 382 Å². The Bertz CT molecular complexity index is 1460. The van der Waals surface area contributed by atoms with E-state index in [9.17, 15) is 18.0 Å². The van der Waals surface area contributed by atoms with Crippen molar-refractivity contribution in [1.29, 1.82) is 0 Å². The van der Waals surface area contributed by atoms with E-state index in [0.717, 1.165) is 81.1 Å². The van der Waals surface area contributed by atoms with Crippen LogP contribution >= 0.6 is 23.1 Å². The summed E-state index contributed by atoms with van der Waals surface area (Å²) in [7, 11) is 3.30. The van der Waals surface area contributed by atoms with Gasteiger partial charge in [-0.15, -0.1) is 12.4 Å².